The quantitative estimate of drug-likeness (QED) is 0.827. The van der Waals surface area contributed by atoms with E-state index in [1.807, 2.05) is 25.1 Å². The molecule has 0 fully saturated rings. The van der Waals surface area contributed by atoms with E-state index in [4.69, 9.17) is 5.73 Å². The smallest absolute Gasteiger partial charge is 0.0210 e. The van der Waals surface area contributed by atoms with Crippen molar-refractivity contribution in [1.82, 2.24) is 0 Å². The molecule has 12 heavy (non-hydrogen) atoms. The Morgan fingerprint density at radius 2 is 1.83 bits per heavy atom. The Hall–Kier alpha value is -0.340. The largest absolute Gasteiger partial charge is 0.327 e. The number of rotatable bonds is 2. The Bertz CT molecular complexity index is 258. The van der Waals surface area contributed by atoms with Crippen LogP contribution in [-0.2, 0) is 0 Å². The fourth-order valence-electron chi connectivity index (χ4n) is 1.13. The zero-order valence-electron chi connectivity index (χ0n) is 7.42. The van der Waals surface area contributed by atoms with Crippen LogP contribution in [0.15, 0.2) is 28.7 Å². The van der Waals surface area contributed by atoms with E-state index in [0.717, 1.165) is 4.47 Å². The van der Waals surface area contributed by atoms with Gasteiger partial charge in [-0.3, -0.25) is 0 Å². The average molecular weight is 228 g/mol. The molecule has 1 unspecified atom stereocenters. The van der Waals surface area contributed by atoms with Crippen molar-refractivity contribution in [3.05, 3.63) is 34.3 Å². The summed E-state index contributed by atoms with van der Waals surface area (Å²) in [5.41, 5.74) is 7.10. The van der Waals surface area contributed by atoms with Crippen LogP contribution in [0.4, 0.5) is 0 Å². The number of hydrogen-bond donors (Lipinski definition) is 1. The van der Waals surface area contributed by atoms with Crippen molar-refractivity contribution < 1.29 is 0 Å². The molecule has 2 heteroatoms. The maximum atomic E-state index is 5.82. The van der Waals surface area contributed by atoms with Gasteiger partial charge in [-0.15, -0.1) is 0 Å². The molecule has 1 aromatic rings. The number of benzene rings is 1. The van der Waals surface area contributed by atoms with Crippen LogP contribution in [0.25, 0.3) is 0 Å². The van der Waals surface area contributed by atoms with Crippen LogP contribution in [0.1, 0.15) is 25.3 Å². The summed E-state index contributed by atoms with van der Waals surface area (Å²) in [5.74, 6) is 0.403. The molecule has 2 N–H and O–H groups in total. The summed E-state index contributed by atoms with van der Waals surface area (Å²) in [5, 5.41) is 0. The van der Waals surface area contributed by atoms with E-state index in [0.29, 0.717) is 5.92 Å². The summed E-state index contributed by atoms with van der Waals surface area (Å²) in [6.07, 6.45) is 0. The maximum absolute atomic E-state index is 5.82. The third-order valence-electron chi connectivity index (χ3n) is 2.18. The van der Waals surface area contributed by atoms with Crippen molar-refractivity contribution in [2.75, 3.05) is 0 Å². The van der Waals surface area contributed by atoms with Crippen LogP contribution in [0, 0.1) is 0 Å². The first-order valence-corrected chi connectivity index (χ1v) is 4.92. The molecule has 1 nitrogen and oxygen atoms in total. The normalized spacial score (nSPS) is 15.7. The van der Waals surface area contributed by atoms with Gasteiger partial charge in [0.1, 0.15) is 0 Å². The van der Waals surface area contributed by atoms with Crippen molar-refractivity contribution in [2.45, 2.75) is 25.8 Å². The first kappa shape index (κ1) is 9.75. The Morgan fingerprint density at radius 3 is 2.33 bits per heavy atom. The molecule has 1 aromatic carbocycles. The lowest BCUT2D eigenvalue weighted by Crippen LogP contribution is -2.22. The van der Waals surface area contributed by atoms with E-state index in [2.05, 4.69) is 28.9 Å². The molecule has 0 heterocycles. The Balaban J connectivity index is 2.94. The molecule has 0 aliphatic carbocycles. The Morgan fingerprint density at radius 1 is 1.25 bits per heavy atom. The molecule has 0 amide bonds. The second-order valence-electron chi connectivity index (χ2n) is 3.17. The van der Waals surface area contributed by atoms with Crippen LogP contribution in [0.3, 0.4) is 0 Å². The Labute approximate surface area is 82.1 Å². The lowest BCUT2D eigenvalue weighted by Gasteiger charge is -2.17. The van der Waals surface area contributed by atoms with Gasteiger partial charge in [-0.1, -0.05) is 41.1 Å². The second kappa shape index (κ2) is 4.06. The van der Waals surface area contributed by atoms with Gasteiger partial charge in [0.15, 0.2) is 0 Å². The molecule has 66 valence electrons. The van der Waals surface area contributed by atoms with E-state index in [-0.39, 0.29) is 6.04 Å². The van der Waals surface area contributed by atoms with Gasteiger partial charge in [0.2, 0.25) is 0 Å². The van der Waals surface area contributed by atoms with Crippen LogP contribution < -0.4 is 5.73 Å². The minimum Gasteiger partial charge on any atom is -0.327 e. The molecule has 0 aliphatic heterocycles. The molecule has 0 bridgehead atoms. The molecule has 0 aromatic heterocycles. The highest BCUT2D eigenvalue weighted by Gasteiger charge is 2.11. The molecule has 0 saturated carbocycles. The van der Waals surface area contributed by atoms with E-state index in [9.17, 15) is 0 Å². The summed E-state index contributed by atoms with van der Waals surface area (Å²) in [6, 6.07) is 8.41. The summed E-state index contributed by atoms with van der Waals surface area (Å²) >= 11 is 3.51. The highest BCUT2D eigenvalue weighted by Crippen LogP contribution is 2.25. The van der Waals surface area contributed by atoms with E-state index >= 15 is 0 Å². The zero-order chi connectivity index (χ0) is 9.14. The maximum Gasteiger partial charge on any atom is 0.0210 e. The third-order valence-corrected chi connectivity index (χ3v) is 2.91. The van der Waals surface area contributed by atoms with E-state index < -0.39 is 0 Å². The Kier molecular flexibility index (Phi) is 3.29. The topological polar surface area (TPSA) is 26.0 Å². The van der Waals surface area contributed by atoms with Crippen molar-refractivity contribution in [3.8, 4) is 0 Å². The minimum absolute atomic E-state index is 0.198. The SMILES string of the molecule is CC(c1ccccc1Br)[C@H](C)N. The fraction of sp³-hybridized carbons (Fsp3) is 0.400. The second-order valence-corrected chi connectivity index (χ2v) is 4.02. The lowest BCUT2D eigenvalue weighted by atomic mass is 9.95. The van der Waals surface area contributed by atoms with Gasteiger partial charge < -0.3 is 5.73 Å². The summed E-state index contributed by atoms with van der Waals surface area (Å²) in [4.78, 5) is 0. The summed E-state index contributed by atoms with van der Waals surface area (Å²) in [7, 11) is 0. The van der Waals surface area contributed by atoms with Crippen molar-refractivity contribution in [3.63, 3.8) is 0 Å². The standard InChI is InChI=1S/C10H14BrN/c1-7(8(2)12)9-5-3-4-6-10(9)11/h3-8H,12H2,1-2H3/t7?,8-/m0/s1. The van der Waals surface area contributed by atoms with Gasteiger partial charge in [-0.25, -0.2) is 0 Å². The zero-order valence-corrected chi connectivity index (χ0v) is 9.01. The monoisotopic (exact) mass is 227 g/mol. The number of nitrogens with two attached hydrogens (primary N) is 1. The average Bonchev–Trinajstić information content (AvgIpc) is 2.04. The van der Waals surface area contributed by atoms with Gasteiger partial charge in [-0.05, 0) is 24.5 Å². The predicted molar refractivity (Wildman–Crippen MR) is 56.2 cm³/mol. The molecular formula is C10H14BrN. The molecule has 0 aliphatic rings. The first-order chi connectivity index (χ1) is 5.63. The van der Waals surface area contributed by atoms with Crippen molar-refractivity contribution >= 4 is 15.9 Å². The first-order valence-electron chi connectivity index (χ1n) is 4.13. The molecule has 2 atom stereocenters. The predicted octanol–water partition coefficient (Wildman–Crippen LogP) is 2.90. The van der Waals surface area contributed by atoms with Gasteiger partial charge in [-0.2, -0.15) is 0 Å². The lowest BCUT2D eigenvalue weighted by molar-refractivity contribution is 0.611. The fourth-order valence-corrected chi connectivity index (χ4v) is 1.77. The van der Waals surface area contributed by atoms with Gasteiger partial charge >= 0.3 is 0 Å². The molecule has 0 spiro atoms. The van der Waals surface area contributed by atoms with Crippen molar-refractivity contribution in [2.24, 2.45) is 5.73 Å². The summed E-state index contributed by atoms with van der Waals surface area (Å²) in [6.45, 7) is 4.18. The number of hydrogen-bond acceptors (Lipinski definition) is 1. The van der Waals surface area contributed by atoms with Crippen LogP contribution in [0.5, 0.6) is 0 Å². The van der Waals surface area contributed by atoms with Crippen LogP contribution in [-0.4, -0.2) is 6.04 Å². The van der Waals surface area contributed by atoms with Crippen molar-refractivity contribution in [1.29, 1.82) is 0 Å². The molecule has 0 saturated heterocycles. The summed E-state index contributed by atoms with van der Waals surface area (Å²) < 4.78 is 1.15. The molecule has 0 radical (unpaired) electrons. The highest BCUT2D eigenvalue weighted by molar-refractivity contribution is 9.10. The van der Waals surface area contributed by atoms with Crippen LogP contribution >= 0.6 is 15.9 Å². The highest BCUT2D eigenvalue weighted by atomic mass is 79.9. The molecular weight excluding hydrogens is 214 g/mol. The van der Waals surface area contributed by atoms with Crippen LogP contribution in [0.2, 0.25) is 0 Å². The van der Waals surface area contributed by atoms with Gasteiger partial charge in [0, 0.05) is 10.5 Å². The molecule has 1 rings (SSSR count). The van der Waals surface area contributed by atoms with E-state index in [1.165, 1.54) is 5.56 Å². The van der Waals surface area contributed by atoms with E-state index in [1.54, 1.807) is 0 Å². The number of halogens is 1. The van der Waals surface area contributed by atoms with Gasteiger partial charge in [0.25, 0.3) is 0 Å². The minimum atomic E-state index is 0.198. The van der Waals surface area contributed by atoms with Gasteiger partial charge in [0.05, 0.1) is 0 Å². The third kappa shape index (κ3) is 2.08.